The quantitative estimate of drug-likeness (QED) is 0.643. The van der Waals surface area contributed by atoms with E-state index in [0.717, 1.165) is 18.4 Å². The van der Waals surface area contributed by atoms with E-state index in [9.17, 15) is 8.42 Å². The highest BCUT2D eigenvalue weighted by molar-refractivity contribution is 7.90. The second-order valence-corrected chi connectivity index (χ2v) is 9.00. The highest BCUT2D eigenvalue weighted by Crippen LogP contribution is 2.29. The first kappa shape index (κ1) is 18.8. The molecular weight excluding hydrogens is 374 g/mol. The fourth-order valence-electron chi connectivity index (χ4n) is 3.64. The first-order valence-electron chi connectivity index (χ1n) is 9.63. The van der Waals surface area contributed by atoms with Crippen molar-refractivity contribution < 1.29 is 13.2 Å². The fraction of sp³-hybridized carbons (Fsp3) is 0.333. The average molecular weight is 400 g/mol. The molecule has 1 aromatic heterocycles. The van der Waals surface area contributed by atoms with Gasteiger partial charge < -0.3 is 15.8 Å². The number of ether oxygens (including phenoxy) is 1. The van der Waals surface area contributed by atoms with Crippen molar-refractivity contribution in [2.24, 2.45) is 0 Å². The number of fused-ring (bicyclic) bond motifs is 1. The predicted molar refractivity (Wildman–Crippen MR) is 111 cm³/mol. The van der Waals surface area contributed by atoms with E-state index < -0.39 is 10.0 Å². The van der Waals surface area contributed by atoms with Gasteiger partial charge in [-0.25, -0.2) is 12.4 Å². The number of hydrogen-bond acceptors (Lipinski definition) is 5. The standard InChI is InChI=1S/C21H25N3O3S/c22-16-8-10-18(11-9-16)28(25,26)24-14-12-19-20(24)6-4-7-21(19)27-15-17-5-2-1-3-13-23-17/h4,6-12,14,17,23H,1-3,5,13,15,22H2. The number of anilines is 1. The van der Waals surface area contributed by atoms with Crippen LogP contribution in [0.1, 0.15) is 25.7 Å². The van der Waals surface area contributed by atoms with E-state index in [4.69, 9.17) is 10.5 Å². The Labute approximate surface area is 165 Å². The monoisotopic (exact) mass is 399 g/mol. The molecule has 1 fully saturated rings. The largest absolute Gasteiger partial charge is 0.491 e. The lowest BCUT2D eigenvalue weighted by atomic mass is 10.1. The van der Waals surface area contributed by atoms with Gasteiger partial charge >= 0.3 is 0 Å². The number of nitrogen functional groups attached to an aromatic ring is 1. The molecule has 7 heteroatoms. The summed E-state index contributed by atoms with van der Waals surface area (Å²) < 4.78 is 33.5. The summed E-state index contributed by atoms with van der Waals surface area (Å²) in [6.07, 6.45) is 6.35. The maximum atomic E-state index is 13.0. The van der Waals surface area contributed by atoms with Crippen LogP contribution in [0.2, 0.25) is 0 Å². The van der Waals surface area contributed by atoms with Crippen molar-refractivity contribution in [3.63, 3.8) is 0 Å². The van der Waals surface area contributed by atoms with E-state index in [2.05, 4.69) is 5.32 Å². The first-order valence-corrected chi connectivity index (χ1v) is 11.1. The normalized spacial score (nSPS) is 18.1. The summed E-state index contributed by atoms with van der Waals surface area (Å²) in [7, 11) is -3.70. The highest BCUT2D eigenvalue weighted by atomic mass is 32.2. The van der Waals surface area contributed by atoms with E-state index in [0.29, 0.717) is 29.6 Å². The summed E-state index contributed by atoms with van der Waals surface area (Å²) in [5.74, 6) is 0.704. The van der Waals surface area contributed by atoms with E-state index in [1.165, 1.54) is 35.4 Å². The zero-order chi connectivity index (χ0) is 19.6. The molecule has 3 N–H and O–H groups in total. The smallest absolute Gasteiger partial charge is 0.268 e. The Hall–Kier alpha value is -2.51. The molecule has 1 aliphatic rings. The molecule has 1 unspecified atom stereocenters. The molecule has 1 aliphatic heterocycles. The second-order valence-electron chi connectivity index (χ2n) is 7.19. The Morgan fingerprint density at radius 1 is 1.07 bits per heavy atom. The van der Waals surface area contributed by atoms with Gasteiger partial charge in [-0.1, -0.05) is 18.9 Å². The van der Waals surface area contributed by atoms with Crippen molar-refractivity contribution in [1.29, 1.82) is 0 Å². The van der Waals surface area contributed by atoms with E-state index >= 15 is 0 Å². The Balaban J connectivity index is 1.62. The van der Waals surface area contributed by atoms with Gasteiger partial charge in [-0.3, -0.25) is 0 Å². The van der Waals surface area contributed by atoms with Crippen molar-refractivity contribution in [2.75, 3.05) is 18.9 Å². The molecule has 3 aromatic rings. The SMILES string of the molecule is Nc1ccc(S(=O)(=O)n2ccc3c(OCC4CCCCCN4)cccc32)cc1. The maximum absolute atomic E-state index is 13.0. The van der Waals surface area contributed by atoms with Crippen LogP contribution in [0, 0.1) is 0 Å². The summed E-state index contributed by atoms with van der Waals surface area (Å²) in [6.45, 7) is 1.60. The predicted octanol–water partition coefficient (Wildman–Crippen LogP) is 3.37. The molecule has 6 nitrogen and oxygen atoms in total. The topological polar surface area (TPSA) is 86.4 Å². The second kappa shape index (κ2) is 7.85. The van der Waals surface area contributed by atoms with Crippen molar-refractivity contribution in [3.05, 3.63) is 54.7 Å². The third-order valence-electron chi connectivity index (χ3n) is 5.20. The van der Waals surface area contributed by atoms with Gasteiger partial charge in [0, 0.05) is 23.3 Å². The summed E-state index contributed by atoms with van der Waals surface area (Å²) in [6, 6.07) is 13.9. The zero-order valence-corrected chi connectivity index (χ0v) is 16.5. The zero-order valence-electron chi connectivity index (χ0n) is 15.7. The summed E-state index contributed by atoms with van der Waals surface area (Å²) in [5.41, 5.74) is 6.81. The van der Waals surface area contributed by atoms with Gasteiger partial charge in [-0.05, 0) is 61.9 Å². The minimum Gasteiger partial charge on any atom is -0.491 e. The summed E-state index contributed by atoms with van der Waals surface area (Å²) >= 11 is 0. The minimum atomic E-state index is -3.70. The maximum Gasteiger partial charge on any atom is 0.268 e. The van der Waals surface area contributed by atoms with Crippen LogP contribution in [0.15, 0.2) is 59.6 Å². The number of aromatic nitrogens is 1. The van der Waals surface area contributed by atoms with Crippen LogP contribution in [0.3, 0.4) is 0 Å². The Morgan fingerprint density at radius 3 is 2.71 bits per heavy atom. The van der Waals surface area contributed by atoms with E-state index in [-0.39, 0.29) is 4.90 Å². The van der Waals surface area contributed by atoms with Crippen LogP contribution in [0.25, 0.3) is 10.9 Å². The molecule has 0 radical (unpaired) electrons. The molecule has 1 saturated heterocycles. The number of nitrogens with zero attached hydrogens (tertiary/aromatic N) is 1. The number of hydrogen-bond donors (Lipinski definition) is 2. The summed E-state index contributed by atoms with van der Waals surface area (Å²) in [4.78, 5) is 0.202. The van der Waals surface area contributed by atoms with Crippen LogP contribution >= 0.6 is 0 Å². The Kier molecular flexibility index (Phi) is 5.28. The van der Waals surface area contributed by atoms with Crippen molar-refractivity contribution in [2.45, 2.75) is 36.6 Å². The van der Waals surface area contributed by atoms with Gasteiger partial charge in [-0.15, -0.1) is 0 Å². The van der Waals surface area contributed by atoms with Crippen molar-refractivity contribution >= 4 is 26.6 Å². The van der Waals surface area contributed by atoms with Gasteiger partial charge in [0.15, 0.2) is 0 Å². The highest BCUT2D eigenvalue weighted by Gasteiger charge is 2.20. The number of nitrogens with two attached hydrogens (primary N) is 1. The molecule has 4 rings (SSSR count). The van der Waals surface area contributed by atoms with Crippen LogP contribution in [0.5, 0.6) is 5.75 Å². The lowest BCUT2D eigenvalue weighted by Crippen LogP contribution is -2.33. The number of benzene rings is 2. The molecule has 1 atom stereocenters. The van der Waals surface area contributed by atoms with Gasteiger partial charge in [0.05, 0.1) is 10.4 Å². The van der Waals surface area contributed by atoms with E-state index in [1.54, 1.807) is 30.5 Å². The molecule has 0 bridgehead atoms. The number of rotatable bonds is 5. The molecule has 28 heavy (non-hydrogen) atoms. The summed E-state index contributed by atoms with van der Waals surface area (Å²) in [5, 5.41) is 4.31. The van der Waals surface area contributed by atoms with Gasteiger partial charge in [0.25, 0.3) is 10.0 Å². The molecule has 0 amide bonds. The van der Waals surface area contributed by atoms with Gasteiger partial charge in [-0.2, -0.15) is 0 Å². The van der Waals surface area contributed by atoms with Gasteiger partial charge in [0.1, 0.15) is 12.4 Å². The Morgan fingerprint density at radius 2 is 1.89 bits per heavy atom. The van der Waals surface area contributed by atoms with Gasteiger partial charge in [0.2, 0.25) is 0 Å². The third kappa shape index (κ3) is 3.72. The molecule has 0 saturated carbocycles. The molecule has 0 spiro atoms. The van der Waals surface area contributed by atoms with Crippen molar-refractivity contribution in [3.8, 4) is 5.75 Å². The lowest BCUT2D eigenvalue weighted by Gasteiger charge is -2.17. The fourth-order valence-corrected chi connectivity index (χ4v) is 4.98. The van der Waals surface area contributed by atoms with Crippen LogP contribution in [-0.2, 0) is 10.0 Å². The van der Waals surface area contributed by atoms with E-state index in [1.807, 2.05) is 12.1 Å². The lowest BCUT2D eigenvalue weighted by molar-refractivity contribution is 0.264. The first-order chi connectivity index (χ1) is 13.6. The van der Waals surface area contributed by atoms with Crippen molar-refractivity contribution in [1.82, 2.24) is 9.29 Å². The Bertz CT molecular complexity index is 1050. The third-order valence-corrected chi connectivity index (χ3v) is 6.90. The number of nitrogens with one attached hydrogen (secondary N) is 1. The van der Waals surface area contributed by atoms with Crippen LogP contribution < -0.4 is 15.8 Å². The van der Waals surface area contributed by atoms with Crippen LogP contribution in [-0.4, -0.2) is 31.6 Å². The average Bonchev–Trinajstić information content (AvgIpc) is 2.97. The molecular formula is C21H25N3O3S. The molecule has 2 heterocycles. The molecule has 0 aliphatic carbocycles. The minimum absolute atomic E-state index is 0.202. The molecule has 2 aromatic carbocycles. The van der Waals surface area contributed by atoms with Crippen LogP contribution in [0.4, 0.5) is 5.69 Å². The molecule has 148 valence electrons.